The molecule has 1 N–H and O–H groups in total. The van der Waals surface area contributed by atoms with E-state index in [0.29, 0.717) is 5.82 Å². The highest BCUT2D eigenvalue weighted by Gasteiger charge is 2.09. The smallest absolute Gasteiger partial charge is 0.181 e. The van der Waals surface area contributed by atoms with E-state index < -0.39 is 0 Å². The van der Waals surface area contributed by atoms with Gasteiger partial charge in [-0.3, -0.25) is 5.10 Å². The first-order valence-corrected chi connectivity index (χ1v) is 6.89. The molecule has 0 aliphatic rings. The number of hydrogen-bond acceptors (Lipinski definition) is 3. The summed E-state index contributed by atoms with van der Waals surface area (Å²) < 4.78 is 6.19. The fraction of sp³-hybridized carbons (Fsp3) is 0.0667. The molecule has 0 aliphatic heterocycles. The highest BCUT2D eigenvalue weighted by atomic mass is 79.9. The maximum absolute atomic E-state index is 5.29. The lowest BCUT2D eigenvalue weighted by Gasteiger charge is -2.03. The van der Waals surface area contributed by atoms with Crippen LogP contribution in [0.1, 0.15) is 0 Å². The number of nitrogens with one attached hydrogen (secondary N) is 1. The van der Waals surface area contributed by atoms with Crippen molar-refractivity contribution in [3.05, 3.63) is 53.0 Å². The van der Waals surface area contributed by atoms with Gasteiger partial charge in [0.2, 0.25) is 0 Å². The zero-order valence-electron chi connectivity index (χ0n) is 10.8. The highest BCUT2D eigenvalue weighted by Crippen LogP contribution is 2.29. The van der Waals surface area contributed by atoms with Crippen LogP contribution in [-0.4, -0.2) is 22.3 Å². The van der Waals surface area contributed by atoms with Gasteiger partial charge in [0, 0.05) is 11.1 Å². The molecule has 2 aromatic carbocycles. The molecular weight excluding hydrogens is 318 g/mol. The van der Waals surface area contributed by atoms with Crippen LogP contribution in [0.2, 0.25) is 0 Å². The third-order valence-corrected chi connectivity index (χ3v) is 3.60. The van der Waals surface area contributed by atoms with Gasteiger partial charge in [-0.05, 0) is 34.1 Å². The van der Waals surface area contributed by atoms with Gasteiger partial charge in [-0.15, -0.1) is 0 Å². The number of halogens is 1. The second-order valence-corrected chi connectivity index (χ2v) is 5.08. The molecule has 0 bridgehead atoms. The molecule has 0 unspecified atom stereocenters. The minimum Gasteiger partial charge on any atom is -0.496 e. The lowest BCUT2D eigenvalue weighted by atomic mass is 10.2. The lowest BCUT2D eigenvalue weighted by Crippen LogP contribution is -1.87. The first-order chi connectivity index (χ1) is 9.78. The average Bonchev–Trinajstić information content (AvgIpc) is 2.98. The predicted molar refractivity (Wildman–Crippen MR) is 81.5 cm³/mol. The summed E-state index contributed by atoms with van der Waals surface area (Å²) in [7, 11) is 1.64. The van der Waals surface area contributed by atoms with Gasteiger partial charge in [0.05, 0.1) is 11.6 Å². The summed E-state index contributed by atoms with van der Waals surface area (Å²) in [6.07, 6.45) is 0. The van der Waals surface area contributed by atoms with E-state index in [0.717, 1.165) is 27.2 Å². The van der Waals surface area contributed by atoms with E-state index in [9.17, 15) is 0 Å². The van der Waals surface area contributed by atoms with Crippen molar-refractivity contribution in [2.45, 2.75) is 0 Å². The van der Waals surface area contributed by atoms with E-state index >= 15 is 0 Å². The molecule has 0 saturated heterocycles. The van der Waals surface area contributed by atoms with Crippen LogP contribution in [0.15, 0.2) is 53.0 Å². The summed E-state index contributed by atoms with van der Waals surface area (Å²) in [5.74, 6) is 2.16. The van der Waals surface area contributed by atoms with E-state index in [2.05, 4.69) is 31.1 Å². The second kappa shape index (κ2) is 5.46. The normalized spacial score (nSPS) is 10.5. The average molecular weight is 330 g/mol. The van der Waals surface area contributed by atoms with E-state index in [1.54, 1.807) is 7.11 Å². The number of aromatic amines is 1. The quantitative estimate of drug-likeness (QED) is 0.792. The maximum Gasteiger partial charge on any atom is 0.181 e. The Hall–Kier alpha value is -2.14. The van der Waals surface area contributed by atoms with Crippen LogP contribution in [0, 0.1) is 0 Å². The third-order valence-electron chi connectivity index (χ3n) is 2.94. The van der Waals surface area contributed by atoms with Crippen molar-refractivity contribution in [2.75, 3.05) is 7.11 Å². The summed E-state index contributed by atoms with van der Waals surface area (Å²) in [5, 5.41) is 7.22. The van der Waals surface area contributed by atoms with E-state index in [-0.39, 0.29) is 0 Å². The molecule has 0 radical (unpaired) electrons. The van der Waals surface area contributed by atoms with Crippen molar-refractivity contribution in [3.63, 3.8) is 0 Å². The maximum atomic E-state index is 5.29. The third kappa shape index (κ3) is 2.44. The van der Waals surface area contributed by atoms with Crippen LogP contribution >= 0.6 is 15.9 Å². The summed E-state index contributed by atoms with van der Waals surface area (Å²) in [6.45, 7) is 0. The molecule has 0 amide bonds. The molecule has 1 aromatic heterocycles. The van der Waals surface area contributed by atoms with Crippen LogP contribution in [0.5, 0.6) is 5.75 Å². The SMILES string of the molecule is COc1cc(-c2n[nH]c(-c3ccccc3)n2)ccc1Br. The Balaban J connectivity index is 1.98. The Bertz CT molecular complexity index is 725. The predicted octanol–water partition coefficient (Wildman–Crippen LogP) is 3.91. The van der Waals surface area contributed by atoms with Crippen LogP contribution in [0.25, 0.3) is 22.8 Å². The Labute approximate surface area is 125 Å². The molecule has 20 heavy (non-hydrogen) atoms. The number of rotatable bonds is 3. The molecule has 4 nitrogen and oxygen atoms in total. The van der Waals surface area contributed by atoms with E-state index in [1.807, 2.05) is 48.5 Å². The number of aromatic nitrogens is 3. The minimum atomic E-state index is 0.648. The zero-order chi connectivity index (χ0) is 13.9. The van der Waals surface area contributed by atoms with Gasteiger partial charge in [-0.1, -0.05) is 30.3 Å². The number of methoxy groups -OCH3 is 1. The van der Waals surface area contributed by atoms with Crippen molar-refractivity contribution in [1.82, 2.24) is 15.2 Å². The molecule has 0 fully saturated rings. The van der Waals surface area contributed by atoms with Crippen molar-refractivity contribution < 1.29 is 4.74 Å². The second-order valence-electron chi connectivity index (χ2n) is 4.22. The van der Waals surface area contributed by atoms with Crippen molar-refractivity contribution >= 4 is 15.9 Å². The first kappa shape index (κ1) is 12.9. The number of H-pyrrole nitrogens is 1. The summed E-state index contributed by atoms with van der Waals surface area (Å²) in [4.78, 5) is 4.52. The minimum absolute atomic E-state index is 0.648. The van der Waals surface area contributed by atoms with Crippen LogP contribution < -0.4 is 4.74 Å². The van der Waals surface area contributed by atoms with Crippen molar-refractivity contribution in [1.29, 1.82) is 0 Å². The van der Waals surface area contributed by atoms with Crippen LogP contribution in [-0.2, 0) is 0 Å². The van der Waals surface area contributed by atoms with Gasteiger partial charge in [-0.25, -0.2) is 4.98 Å². The summed E-state index contributed by atoms with van der Waals surface area (Å²) in [6, 6.07) is 15.7. The van der Waals surface area contributed by atoms with Gasteiger partial charge >= 0.3 is 0 Å². The Morgan fingerprint density at radius 3 is 2.60 bits per heavy atom. The van der Waals surface area contributed by atoms with Crippen molar-refractivity contribution in [2.24, 2.45) is 0 Å². The fourth-order valence-corrected chi connectivity index (χ4v) is 2.32. The number of hydrogen-bond donors (Lipinski definition) is 1. The molecule has 0 saturated carbocycles. The molecular formula is C15H12BrN3O. The number of ether oxygens (including phenoxy) is 1. The Kier molecular flexibility index (Phi) is 3.52. The molecule has 0 aliphatic carbocycles. The van der Waals surface area contributed by atoms with Gasteiger partial charge in [0.15, 0.2) is 11.6 Å². The molecule has 0 atom stereocenters. The van der Waals surface area contributed by atoms with Gasteiger partial charge < -0.3 is 4.74 Å². The van der Waals surface area contributed by atoms with Crippen molar-refractivity contribution in [3.8, 4) is 28.5 Å². The van der Waals surface area contributed by atoms with Gasteiger partial charge in [-0.2, -0.15) is 5.10 Å². The van der Waals surface area contributed by atoms with Gasteiger partial charge in [0.25, 0.3) is 0 Å². The number of benzene rings is 2. The molecule has 0 spiro atoms. The fourth-order valence-electron chi connectivity index (χ4n) is 1.91. The van der Waals surface area contributed by atoms with E-state index in [4.69, 9.17) is 4.74 Å². The topological polar surface area (TPSA) is 50.8 Å². The molecule has 100 valence electrons. The van der Waals surface area contributed by atoms with Crippen LogP contribution in [0.4, 0.5) is 0 Å². The lowest BCUT2D eigenvalue weighted by molar-refractivity contribution is 0.412. The molecule has 5 heteroatoms. The zero-order valence-corrected chi connectivity index (χ0v) is 12.4. The Morgan fingerprint density at radius 2 is 1.85 bits per heavy atom. The van der Waals surface area contributed by atoms with E-state index in [1.165, 1.54) is 0 Å². The highest BCUT2D eigenvalue weighted by molar-refractivity contribution is 9.10. The summed E-state index contributed by atoms with van der Waals surface area (Å²) >= 11 is 3.43. The largest absolute Gasteiger partial charge is 0.496 e. The standard InChI is InChI=1S/C15H12BrN3O/c1-20-13-9-11(7-8-12(13)16)15-17-14(18-19-15)10-5-3-2-4-6-10/h2-9H,1H3,(H,17,18,19). The number of nitrogens with zero attached hydrogens (tertiary/aromatic N) is 2. The van der Waals surface area contributed by atoms with Crippen LogP contribution in [0.3, 0.4) is 0 Å². The Morgan fingerprint density at radius 1 is 1.05 bits per heavy atom. The molecule has 1 heterocycles. The summed E-state index contributed by atoms with van der Waals surface area (Å²) in [5.41, 5.74) is 1.92. The molecule has 3 aromatic rings. The monoisotopic (exact) mass is 329 g/mol. The van der Waals surface area contributed by atoms with Gasteiger partial charge in [0.1, 0.15) is 5.75 Å². The molecule has 3 rings (SSSR count). The first-order valence-electron chi connectivity index (χ1n) is 6.09.